The highest BCUT2D eigenvalue weighted by Crippen LogP contribution is 2.50. The van der Waals surface area contributed by atoms with E-state index >= 15 is 0 Å². The van der Waals surface area contributed by atoms with Gasteiger partial charge in [-0.1, -0.05) is 30.3 Å². The average Bonchev–Trinajstić information content (AvgIpc) is 2.93. The molecule has 0 spiro atoms. The van der Waals surface area contributed by atoms with E-state index in [0.29, 0.717) is 5.54 Å². The minimum Gasteiger partial charge on any atom is -0.296 e. The second-order valence-corrected chi connectivity index (χ2v) is 6.91. The molecule has 1 atom stereocenters. The van der Waals surface area contributed by atoms with Crippen LogP contribution in [0.15, 0.2) is 30.3 Å². The van der Waals surface area contributed by atoms with Crippen LogP contribution in [-0.2, 0) is 6.54 Å². The van der Waals surface area contributed by atoms with Gasteiger partial charge in [0.1, 0.15) is 0 Å². The molecule has 1 aliphatic carbocycles. The summed E-state index contributed by atoms with van der Waals surface area (Å²) in [5, 5.41) is 0. The van der Waals surface area contributed by atoms with E-state index in [1.54, 1.807) is 0 Å². The van der Waals surface area contributed by atoms with Gasteiger partial charge in [-0.15, -0.1) is 12.4 Å². The van der Waals surface area contributed by atoms with Crippen molar-refractivity contribution in [3.05, 3.63) is 35.9 Å². The predicted octanol–water partition coefficient (Wildman–Crippen LogP) is 3.70. The largest absolute Gasteiger partial charge is 0.296 e. The minimum atomic E-state index is 0. The monoisotopic (exact) mass is 306 g/mol. The van der Waals surface area contributed by atoms with Crippen molar-refractivity contribution in [3.8, 4) is 0 Å². The Morgan fingerprint density at radius 1 is 0.952 bits per heavy atom. The Balaban J connectivity index is 0.00000132. The summed E-state index contributed by atoms with van der Waals surface area (Å²) in [7, 11) is 0. The zero-order valence-electron chi connectivity index (χ0n) is 12.8. The normalized spacial score (nSPS) is 28.5. The Kier molecular flexibility index (Phi) is 4.58. The predicted molar refractivity (Wildman–Crippen MR) is 89.9 cm³/mol. The maximum Gasteiger partial charge on any atom is 0.0366 e. The second-order valence-electron chi connectivity index (χ2n) is 6.91. The molecule has 0 amide bonds. The molecule has 1 aromatic rings. The number of likely N-dealkylation sites (tertiary alicyclic amines) is 2. The van der Waals surface area contributed by atoms with Gasteiger partial charge < -0.3 is 0 Å². The number of halogens is 1. The van der Waals surface area contributed by atoms with E-state index in [1.165, 1.54) is 63.7 Å². The molecule has 3 heteroatoms. The molecule has 2 heterocycles. The van der Waals surface area contributed by atoms with Crippen molar-refractivity contribution in [3.63, 3.8) is 0 Å². The lowest BCUT2D eigenvalue weighted by molar-refractivity contribution is 0.0990. The number of hydrogen-bond donors (Lipinski definition) is 0. The summed E-state index contributed by atoms with van der Waals surface area (Å²) in [6, 6.07) is 11.9. The Labute approximate surface area is 134 Å². The first kappa shape index (κ1) is 15.3. The molecule has 0 N–H and O–H groups in total. The van der Waals surface area contributed by atoms with Crippen LogP contribution in [0, 0.1) is 0 Å². The molecule has 1 saturated carbocycles. The van der Waals surface area contributed by atoms with E-state index < -0.39 is 0 Å². The lowest BCUT2D eigenvalue weighted by Gasteiger charge is -2.38. The summed E-state index contributed by atoms with van der Waals surface area (Å²) in [5.74, 6) is 0. The SMILES string of the molecule is Cl.c1ccc(CN2CCC[C@H]2C2(N3CCCC3)CC2)cc1. The van der Waals surface area contributed by atoms with E-state index in [1.807, 2.05) is 0 Å². The highest BCUT2D eigenvalue weighted by Gasteiger charge is 2.56. The van der Waals surface area contributed by atoms with Crippen LogP contribution in [0.2, 0.25) is 0 Å². The molecule has 2 nitrogen and oxygen atoms in total. The van der Waals surface area contributed by atoms with Crippen molar-refractivity contribution in [2.24, 2.45) is 0 Å². The Bertz CT molecular complexity index is 452. The van der Waals surface area contributed by atoms with Gasteiger partial charge in [0.2, 0.25) is 0 Å². The topological polar surface area (TPSA) is 6.48 Å². The van der Waals surface area contributed by atoms with E-state index in [-0.39, 0.29) is 12.4 Å². The molecular weight excluding hydrogens is 280 g/mol. The van der Waals surface area contributed by atoms with E-state index in [2.05, 4.69) is 40.1 Å². The van der Waals surface area contributed by atoms with Crippen molar-refractivity contribution in [2.45, 2.75) is 56.7 Å². The van der Waals surface area contributed by atoms with E-state index in [9.17, 15) is 0 Å². The van der Waals surface area contributed by atoms with Crippen molar-refractivity contribution < 1.29 is 0 Å². The van der Waals surface area contributed by atoms with Crippen molar-refractivity contribution >= 4 is 12.4 Å². The first-order valence-electron chi connectivity index (χ1n) is 8.41. The van der Waals surface area contributed by atoms with Crippen LogP contribution in [0.25, 0.3) is 0 Å². The van der Waals surface area contributed by atoms with Gasteiger partial charge in [-0.3, -0.25) is 9.80 Å². The van der Waals surface area contributed by atoms with Gasteiger partial charge in [-0.2, -0.15) is 0 Å². The van der Waals surface area contributed by atoms with Gasteiger partial charge in [-0.05, 0) is 63.7 Å². The molecule has 0 aromatic heterocycles. The summed E-state index contributed by atoms with van der Waals surface area (Å²) in [4.78, 5) is 5.61. The third-order valence-electron chi connectivity index (χ3n) is 5.71. The Morgan fingerprint density at radius 2 is 1.67 bits per heavy atom. The molecule has 3 aliphatic rings. The molecule has 0 bridgehead atoms. The van der Waals surface area contributed by atoms with E-state index in [4.69, 9.17) is 0 Å². The van der Waals surface area contributed by atoms with Crippen LogP contribution in [0.3, 0.4) is 0 Å². The summed E-state index contributed by atoms with van der Waals surface area (Å²) >= 11 is 0. The van der Waals surface area contributed by atoms with Gasteiger partial charge >= 0.3 is 0 Å². The van der Waals surface area contributed by atoms with Crippen LogP contribution < -0.4 is 0 Å². The molecule has 1 aromatic carbocycles. The van der Waals surface area contributed by atoms with E-state index in [0.717, 1.165) is 12.6 Å². The number of nitrogens with zero attached hydrogens (tertiary/aromatic N) is 2. The van der Waals surface area contributed by atoms with Crippen molar-refractivity contribution in [1.29, 1.82) is 0 Å². The van der Waals surface area contributed by atoms with Crippen molar-refractivity contribution in [2.75, 3.05) is 19.6 Å². The standard InChI is InChI=1S/C18H26N2.ClH/c1-2-7-16(8-3-1)15-19-12-6-9-17(19)18(10-11-18)20-13-4-5-14-20;/h1-3,7-8,17H,4-6,9-15H2;1H/t17-;/m0./s1. The second kappa shape index (κ2) is 6.28. The molecule has 21 heavy (non-hydrogen) atoms. The highest BCUT2D eigenvalue weighted by molar-refractivity contribution is 5.85. The molecule has 3 fully saturated rings. The van der Waals surface area contributed by atoms with Crippen LogP contribution in [0.5, 0.6) is 0 Å². The first-order chi connectivity index (χ1) is 9.88. The van der Waals surface area contributed by atoms with Crippen LogP contribution in [-0.4, -0.2) is 41.0 Å². The van der Waals surface area contributed by atoms with Crippen LogP contribution in [0.4, 0.5) is 0 Å². The molecule has 116 valence electrons. The Hall–Kier alpha value is -0.570. The number of benzene rings is 1. The zero-order valence-corrected chi connectivity index (χ0v) is 13.7. The zero-order chi connectivity index (χ0) is 13.4. The highest BCUT2D eigenvalue weighted by atomic mass is 35.5. The number of hydrogen-bond acceptors (Lipinski definition) is 2. The fraction of sp³-hybridized carbons (Fsp3) is 0.667. The first-order valence-corrected chi connectivity index (χ1v) is 8.41. The maximum atomic E-state index is 2.83. The number of rotatable bonds is 4. The summed E-state index contributed by atoms with van der Waals surface area (Å²) in [6.07, 6.45) is 8.56. The lowest BCUT2D eigenvalue weighted by atomic mass is 10.0. The molecule has 2 aliphatic heterocycles. The molecule has 0 radical (unpaired) electrons. The van der Waals surface area contributed by atoms with Crippen molar-refractivity contribution in [1.82, 2.24) is 9.80 Å². The quantitative estimate of drug-likeness (QED) is 0.837. The molecular formula is C18H27ClN2. The third kappa shape index (κ3) is 2.86. The van der Waals surface area contributed by atoms with Gasteiger partial charge in [0.15, 0.2) is 0 Å². The minimum absolute atomic E-state index is 0. The maximum absolute atomic E-state index is 2.83. The fourth-order valence-electron chi connectivity index (χ4n) is 4.59. The summed E-state index contributed by atoms with van der Waals surface area (Å²) in [5.41, 5.74) is 2.05. The third-order valence-corrected chi connectivity index (χ3v) is 5.71. The van der Waals surface area contributed by atoms with Gasteiger partial charge in [0, 0.05) is 18.1 Å². The average molecular weight is 307 g/mol. The van der Waals surface area contributed by atoms with Crippen LogP contribution >= 0.6 is 12.4 Å². The van der Waals surface area contributed by atoms with Crippen LogP contribution in [0.1, 0.15) is 44.1 Å². The fourth-order valence-corrected chi connectivity index (χ4v) is 4.59. The summed E-state index contributed by atoms with van der Waals surface area (Å²) < 4.78 is 0. The molecule has 2 saturated heterocycles. The smallest absolute Gasteiger partial charge is 0.0366 e. The van der Waals surface area contributed by atoms with Gasteiger partial charge in [0.25, 0.3) is 0 Å². The summed E-state index contributed by atoms with van der Waals surface area (Å²) in [6.45, 7) is 5.17. The van der Waals surface area contributed by atoms with Gasteiger partial charge in [0.05, 0.1) is 0 Å². The lowest BCUT2D eigenvalue weighted by Crippen LogP contribution is -2.50. The molecule has 4 rings (SSSR count). The molecule has 0 unspecified atom stereocenters. The van der Waals surface area contributed by atoms with Gasteiger partial charge in [-0.25, -0.2) is 0 Å². The Morgan fingerprint density at radius 3 is 2.33 bits per heavy atom.